The summed E-state index contributed by atoms with van der Waals surface area (Å²) in [6.45, 7) is 13.0. The highest BCUT2D eigenvalue weighted by atomic mass is 15.2. The predicted octanol–water partition coefficient (Wildman–Crippen LogP) is 2.02. The maximum absolute atomic E-state index is 3.77. The lowest BCUT2D eigenvalue weighted by atomic mass is 10.2. The van der Waals surface area contributed by atoms with Crippen molar-refractivity contribution in [3.8, 4) is 0 Å². The van der Waals surface area contributed by atoms with E-state index in [0.717, 1.165) is 6.42 Å². The average molecular weight is 196 g/mol. The number of likely N-dealkylation sites (tertiary alicyclic amines) is 1. The summed E-state index contributed by atoms with van der Waals surface area (Å²) in [5.41, 5.74) is 0. The third-order valence-corrected chi connectivity index (χ3v) is 2.99. The minimum absolute atomic E-state index is 0.574. The molecule has 1 saturated heterocycles. The molecule has 1 rings (SSSR count). The van der Waals surface area contributed by atoms with E-state index in [1.165, 1.54) is 19.5 Å². The molecule has 0 saturated carbocycles. The van der Waals surface area contributed by atoms with E-state index in [1.807, 2.05) is 6.08 Å². The fourth-order valence-electron chi connectivity index (χ4n) is 2.11. The van der Waals surface area contributed by atoms with Gasteiger partial charge >= 0.3 is 0 Å². The zero-order valence-electron chi connectivity index (χ0n) is 9.79. The van der Waals surface area contributed by atoms with Gasteiger partial charge in [-0.15, -0.1) is 6.58 Å². The van der Waals surface area contributed by atoms with E-state index in [-0.39, 0.29) is 0 Å². The van der Waals surface area contributed by atoms with Gasteiger partial charge < -0.3 is 5.32 Å². The Bertz CT molecular complexity index is 177. The highest BCUT2D eigenvalue weighted by Gasteiger charge is 2.24. The number of hydrogen-bond acceptors (Lipinski definition) is 2. The highest BCUT2D eigenvalue weighted by Crippen LogP contribution is 2.13. The number of hydrogen-bond donors (Lipinski definition) is 1. The van der Waals surface area contributed by atoms with Crippen molar-refractivity contribution in [1.82, 2.24) is 10.2 Å². The van der Waals surface area contributed by atoms with Crippen LogP contribution < -0.4 is 5.32 Å². The van der Waals surface area contributed by atoms with E-state index < -0.39 is 0 Å². The minimum atomic E-state index is 0.574. The molecule has 0 aliphatic carbocycles. The van der Waals surface area contributed by atoms with Crippen LogP contribution in [-0.2, 0) is 0 Å². The molecule has 0 radical (unpaired) electrons. The van der Waals surface area contributed by atoms with Crippen LogP contribution in [0.3, 0.4) is 0 Å². The molecule has 2 nitrogen and oxygen atoms in total. The van der Waals surface area contributed by atoms with Gasteiger partial charge in [-0.05, 0) is 40.2 Å². The highest BCUT2D eigenvalue weighted by molar-refractivity contribution is 4.86. The molecule has 2 unspecified atom stereocenters. The second kappa shape index (κ2) is 5.52. The van der Waals surface area contributed by atoms with Crippen LogP contribution in [0.2, 0.25) is 0 Å². The van der Waals surface area contributed by atoms with Crippen molar-refractivity contribution in [2.24, 2.45) is 0 Å². The summed E-state index contributed by atoms with van der Waals surface area (Å²) in [4.78, 5) is 2.54. The van der Waals surface area contributed by atoms with Crippen molar-refractivity contribution in [3.63, 3.8) is 0 Å². The van der Waals surface area contributed by atoms with Gasteiger partial charge in [0.15, 0.2) is 0 Å². The van der Waals surface area contributed by atoms with Crippen LogP contribution in [0.25, 0.3) is 0 Å². The van der Waals surface area contributed by atoms with Gasteiger partial charge in [-0.25, -0.2) is 0 Å². The van der Waals surface area contributed by atoms with Gasteiger partial charge in [0.25, 0.3) is 0 Å². The molecule has 2 heteroatoms. The van der Waals surface area contributed by atoms with E-state index in [9.17, 15) is 0 Å². The Morgan fingerprint density at radius 1 is 1.50 bits per heavy atom. The average Bonchev–Trinajstić information content (AvgIpc) is 2.53. The van der Waals surface area contributed by atoms with E-state index in [1.54, 1.807) is 0 Å². The number of nitrogens with zero attached hydrogens (tertiary/aromatic N) is 1. The second-order valence-electron chi connectivity index (χ2n) is 4.67. The Kier molecular flexibility index (Phi) is 4.63. The lowest BCUT2D eigenvalue weighted by Gasteiger charge is -2.22. The maximum atomic E-state index is 3.77. The molecular formula is C12H24N2. The Morgan fingerprint density at radius 3 is 2.71 bits per heavy atom. The van der Waals surface area contributed by atoms with E-state index in [4.69, 9.17) is 0 Å². The quantitative estimate of drug-likeness (QED) is 0.677. The molecule has 0 spiro atoms. The molecule has 14 heavy (non-hydrogen) atoms. The van der Waals surface area contributed by atoms with E-state index >= 15 is 0 Å². The Hall–Kier alpha value is -0.340. The molecule has 0 bridgehead atoms. The Balaban J connectivity index is 2.25. The Labute approximate surface area is 88.4 Å². The third kappa shape index (κ3) is 3.43. The molecule has 0 aromatic heterocycles. The predicted molar refractivity (Wildman–Crippen MR) is 62.5 cm³/mol. The minimum Gasteiger partial charge on any atom is -0.310 e. The lowest BCUT2D eigenvalue weighted by molar-refractivity contribution is 0.266. The second-order valence-corrected chi connectivity index (χ2v) is 4.67. The van der Waals surface area contributed by atoms with Crippen LogP contribution in [-0.4, -0.2) is 36.1 Å². The number of nitrogens with one attached hydrogen (secondary N) is 1. The smallest absolute Gasteiger partial charge is 0.0209 e. The maximum Gasteiger partial charge on any atom is 0.0209 e. The van der Waals surface area contributed by atoms with Gasteiger partial charge in [-0.1, -0.05) is 6.08 Å². The molecule has 1 fully saturated rings. The molecule has 1 heterocycles. The molecule has 1 aliphatic rings. The van der Waals surface area contributed by atoms with Gasteiger partial charge in [0, 0.05) is 24.7 Å². The lowest BCUT2D eigenvalue weighted by Crippen LogP contribution is -2.39. The molecule has 0 amide bonds. The van der Waals surface area contributed by atoms with Gasteiger partial charge in [0.2, 0.25) is 0 Å². The summed E-state index contributed by atoms with van der Waals surface area (Å²) in [5.74, 6) is 0. The van der Waals surface area contributed by atoms with Crippen LogP contribution in [0.4, 0.5) is 0 Å². The first kappa shape index (κ1) is 11.7. The van der Waals surface area contributed by atoms with Crippen LogP contribution >= 0.6 is 0 Å². The summed E-state index contributed by atoms with van der Waals surface area (Å²) in [6, 6.07) is 1.95. The van der Waals surface area contributed by atoms with Crippen molar-refractivity contribution in [2.75, 3.05) is 13.1 Å². The van der Waals surface area contributed by atoms with Gasteiger partial charge in [-0.2, -0.15) is 0 Å². The first-order chi connectivity index (χ1) is 6.63. The zero-order chi connectivity index (χ0) is 10.6. The molecule has 82 valence electrons. The SMILES string of the molecule is C=CCC(C)NC1CCN(C(C)C)C1. The van der Waals surface area contributed by atoms with Crippen LogP contribution in [0.5, 0.6) is 0 Å². The topological polar surface area (TPSA) is 15.3 Å². The van der Waals surface area contributed by atoms with E-state index in [0.29, 0.717) is 18.1 Å². The first-order valence-corrected chi connectivity index (χ1v) is 5.74. The largest absolute Gasteiger partial charge is 0.310 e. The first-order valence-electron chi connectivity index (χ1n) is 5.74. The summed E-state index contributed by atoms with van der Waals surface area (Å²) >= 11 is 0. The van der Waals surface area contributed by atoms with Crippen molar-refractivity contribution >= 4 is 0 Å². The monoisotopic (exact) mass is 196 g/mol. The van der Waals surface area contributed by atoms with Gasteiger partial charge in [-0.3, -0.25) is 4.90 Å². The fourth-order valence-corrected chi connectivity index (χ4v) is 2.11. The molecular weight excluding hydrogens is 172 g/mol. The van der Waals surface area contributed by atoms with Crippen molar-refractivity contribution in [1.29, 1.82) is 0 Å². The summed E-state index contributed by atoms with van der Waals surface area (Å²) < 4.78 is 0. The van der Waals surface area contributed by atoms with Crippen LogP contribution in [0.1, 0.15) is 33.6 Å². The van der Waals surface area contributed by atoms with Gasteiger partial charge in [0.1, 0.15) is 0 Å². The molecule has 0 aromatic rings. The zero-order valence-corrected chi connectivity index (χ0v) is 9.79. The summed E-state index contributed by atoms with van der Waals surface area (Å²) in [7, 11) is 0. The van der Waals surface area contributed by atoms with Gasteiger partial charge in [0.05, 0.1) is 0 Å². The summed E-state index contributed by atoms with van der Waals surface area (Å²) in [5, 5.41) is 3.65. The Morgan fingerprint density at radius 2 is 2.21 bits per heavy atom. The standard InChI is InChI=1S/C12H24N2/c1-5-6-11(4)13-12-7-8-14(9-12)10(2)3/h5,10-13H,1,6-9H2,2-4H3. The van der Waals surface area contributed by atoms with Crippen molar-refractivity contribution < 1.29 is 0 Å². The third-order valence-electron chi connectivity index (χ3n) is 2.99. The molecule has 1 N–H and O–H groups in total. The summed E-state index contributed by atoms with van der Waals surface area (Å²) in [6.07, 6.45) is 4.35. The van der Waals surface area contributed by atoms with Crippen LogP contribution in [0.15, 0.2) is 12.7 Å². The van der Waals surface area contributed by atoms with E-state index in [2.05, 4.69) is 37.6 Å². The number of rotatable bonds is 5. The van der Waals surface area contributed by atoms with Crippen molar-refractivity contribution in [2.45, 2.75) is 51.7 Å². The normalized spacial score (nSPS) is 25.6. The molecule has 1 aliphatic heterocycles. The molecule has 2 atom stereocenters. The van der Waals surface area contributed by atoms with Crippen molar-refractivity contribution in [3.05, 3.63) is 12.7 Å². The van der Waals surface area contributed by atoms with Crippen LogP contribution in [0, 0.1) is 0 Å². The fraction of sp³-hybridized carbons (Fsp3) is 0.833. The molecule has 0 aromatic carbocycles.